The van der Waals surface area contributed by atoms with Gasteiger partial charge in [-0.15, -0.1) is 0 Å². The van der Waals surface area contributed by atoms with E-state index in [1.807, 2.05) is 0 Å². The Morgan fingerprint density at radius 2 is 2.00 bits per heavy atom. The summed E-state index contributed by atoms with van der Waals surface area (Å²) in [6.45, 7) is 0.408. The van der Waals surface area contributed by atoms with E-state index in [0.29, 0.717) is 25.8 Å². The number of hydrogen-bond acceptors (Lipinski definition) is 5. The van der Waals surface area contributed by atoms with Crippen LogP contribution in [0.2, 0.25) is 0 Å². The highest BCUT2D eigenvalue weighted by Crippen LogP contribution is 2.28. The van der Waals surface area contributed by atoms with Crippen LogP contribution in [0.1, 0.15) is 19.3 Å². The van der Waals surface area contributed by atoms with Gasteiger partial charge >= 0.3 is 12.0 Å². The summed E-state index contributed by atoms with van der Waals surface area (Å²) in [5.74, 6) is -1.84. The normalized spacial score (nSPS) is 35.1. The molecule has 1 spiro atoms. The Morgan fingerprint density at radius 1 is 1.29 bits per heavy atom. The molecule has 9 nitrogen and oxygen atoms in total. The highest BCUT2D eigenvalue weighted by Gasteiger charge is 2.52. The van der Waals surface area contributed by atoms with Gasteiger partial charge in [-0.25, -0.2) is 9.59 Å². The van der Waals surface area contributed by atoms with Gasteiger partial charge in [-0.1, -0.05) is 0 Å². The average molecular weight is 297 g/mol. The molecule has 114 valence electrons. The molecule has 3 N–H and O–H groups in total. The van der Waals surface area contributed by atoms with Crippen molar-refractivity contribution in [2.75, 3.05) is 13.1 Å². The lowest BCUT2D eigenvalue weighted by atomic mass is 9.99. The molecule has 21 heavy (non-hydrogen) atoms. The number of carboxylic acids is 1. The van der Waals surface area contributed by atoms with E-state index in [9.17, 15) is 19.2 Å². The van der Waals surface area contributed by atoms with E-state index in [4.69, 9.17) is 9.84 Å². The van der Waals surface area contributed by atoms with E-state index in [-0.39, 0.29) is 12.5 Å². The van der Waals surface area contributed by atoms with Crippen LogP contribution in [0.25, 0.3) is 0 Å². The van der Waals surface area contributed by atoms with Crippen LogP contribution in [0.4, 0.5) is 4.79 Å². The molecule has 0 aromatic rings. The van der Waals surface area contributed by atoms with E-state index in [0.717, 1.165) is 0 Å². The van der Waals surface area contributed by atoms with Gasteiger partial charge in [0.2, 0.25) is 0 Å². The number of likely N-dealkylation sites (tertiary alicyclic amines) is 1. The van der Waals surface area contributed by atoms with Gasteiger partial charge in [0.05, 0.1) is 6.54 Å². The molecule has 3 heterocycles. The van der Waals surface area contributed by atoms with Crippen molar-refractivity contribution in [2.45, 2.75) is 37.0 Å². The number of carboxylic acid groups (broad SMARTS) is 1. The molecular formula is C12H15N3O6. The zero-order chi connectivity index (χ0) is 15.2. The van der Waals surface area contributed by atoms with Crippen molar-refractivity contribution in [1.29, 1.82) is 0 Å². The molecule has 0 aromatic heterocycles. The molecule has 3 saturated heterocycles. The first-order valence-electron chi connectivity index (χ1n) is 6.72. The average Bonchev–Trinajstić information content (AvgIpc) is 3.10. The number of nitrogens with zero attached hydrogens (tertiary/aromatic N) is 1. The fourth-order valence-corrected chi connectivity index (χ4v) is 3.02. The van der Waals surface area contributed by atoms with Crippen molar-refractivity contribution >= 4 is 23.8 Å². The maximum absolute atomic E-state index is 12.3. The fourth-order valence-electron chi connectivity index (χ4n) is 3.02. The second kappa shape index (κ2) is 4.69. The lowest BCUT2D eigenvalue weighted by molar-refractivity contribution is -0.154. The Labute approximate surface area is 119 Å². The number of carbonyl (C=O) groups is 4. The minimum atomic E-state index is -1.08. The summed E-state index contributed by atoms with van der Waals surface area (Å²) >= 11 is 0. The first-order valence-corrected chi connectivity index (χ1v) is 6.72. The molecule has 3 aliphatic rings. The zero-order valence-electron chi connectivity index (χ0n) is 11.1. The van der Waals surface area contributed by atoms with Crippen LogP contribution >= 0.6 is 0 Å². The van der Waals surface area contributed by atoms with Gasteiger partial charge in [0.25, 0.3) is 11.8 Å². The standard InChI is InChI=1S/C12H15N3O6/c16-8(6-1-2-7(21-6)9(17)18)15-4-3-12(5-15)10(19)13-11(20)14-12/h6-7H,1-5H2,(H,17,18)(H2,13,14,19,20). The summed E-state index contributed by atoms with van der Waals surface area (Å²) in [6, 6.07) is -0.558. The van der Waals surface area contributed by atoms with Gasteiger partial charge < -0.3 is 20.1 Å². The Bertz CT molecular complexity index is 535. The molecule has 0 saturated carbocycles. The van der Waals surface area contributed by atoms with E-state index in [1.54, 1.807) is 0 Å². The van der Waals surface area contributed by atoms with E-state index >= 15 is 0 Å². The Morgan fingerprint density at radius 3 is 2.57 bits per heavy atom. The molecule has 0 aliphatic carbocycles. The number of amides is 4. The molecule has 0 radical (unpaired) electrons. The number of rotatable bonds is 2. The second-order valence-corrected chi connectivity index (χ2v) is 5.53. The number of hydrogen-bond donors (Lipinski definition) is 3. The van der Waals surface area contributed by atoms with Gasteiger partial charge in [-0.3, -0.25) is 14.9 Å². The lowest BCUT2D eigenvalue weighted by Crippen LogP contribution is -2.50. The maximum atomic E-state index is 12.3. The third kappa shape index (κ3) is 2.23. The van der Waals surface area contributed by atoms with Gasteiger partial charge in [-0.2, -0.15) is 0 Å². The van der Waals surface area contributed by atoms with E-state index in [1.165, 1.54) is 4.90 Å². The van der Waals surface area contributed by atoms with Crippen LogP contribution in [0, 0.1) is 0 Å². The van der Waals surface area contributed by atoms with Gasteiger partial charge in [0.1, 0.15) is 11.6 Å². The third-order valence-electron chi connectivity index (χ3n) is 4.17. The minimum absolute atomic E-state index is 0.0843. The maximum Gasteiger partial charge on any atom is 0.332 e. The summed E-state index contributed by atoms with van der Waals surface area (Å²) in [6.07, 6.45) is -0.767. The largest absolute Gasteiger partial charge is 0.479 e. The third-order valence-corrected chi connectivity index (χ3v) is 4.17. The smallest absolute Gasteiger partial charge is 0.332 e. The molecule has 3 atom stereocenters. The van der Waals surface area contributed by atoms with Crippen molar-refractivity contribution in [3.05, 3.63) is 0 Å². The first kappa shape index (κ1) is 13.8. The number of imide groups is 1. The van der Waals surface area contributed by atoms with Crippen LogP contribution < -0.4 is 10.6 Å². The van der Waals surface area contributed by atoms with E-state index in [2.05, 4.69) is 10.6 Å². The van der Waals surface area contributed by atoms with Crippen molar-refractivity contribution < 1.29 is 29.0 Å². The van der Waals surface area contributed by atoms with Crippen LogP contribution in [0.5, 0.6) is 0 Å². The highest BCUT2D eigenvalue weighted by atomic mass is 16.5. The molecule has 4 amide bonds. The lowest BCUT2D eigenvalue weighted by Gasteiger charge is -2.23. The Hall–Kier alpha value is -2.16. The summed E-state index contributed by atoms with van der Waals surface area (Å²) in [5.41, 5.74) is -1.06. The molecule has 3 unspecified atom stereocenters. The molecule has 3 aliphatic heterocycles. The molecule has 9 heteroatoms. The van der Waals surface area contributed by atoms with Crippen molar-refractivity contribution in [2.24, 2.45) is 0 Å². The molecule has 0 aromatic carbocycles. The van der Waals surface area contributed by atoms with Crippen LogP contribution in [0.15, 0.2) is 0 Å². The number of aliphatic carboxylic acids is 1. The SMILES string of the molecule is O=C1NC(=O)C2(CCN(C(=O)C3CCC(C(=O)O)O3)C2)N1. The monoisotopic (exact) mass is 297 g/mol. The van der Waals surface area contributed by atoms with Crippen LogP contribution in [-0.2, 0) is 19.1 Å². The fraction of sp³-hybridized carbons (Fsp3) is 0.667. The molecule has 0 bridgehead atoms. The summed E-state index contributed by atoms with van der Waals surface area (Å²) in [4.78, 5) is 47.6. The Kier molecular flexibility index (Phi) is 3.08. The van der Waals surface area contributed by atoms with Crippen molar-refractivity contribution in [3.8, 4) is 0 Å². The topological polar surface area (TPSA) is 125 Å². The zero-order valence-corrected chi connectivity index (χ0v) is 11.1. The van der Waals surface area contributed by atoms with Crippen LogP contribution in [0.3, 0.4) is 0 Å². The minimum Gasteiger partial charge on any atom is -0.479 e. The van der Waals surface area contributed by atoms with E-state index < -0.39 is 35.7 Å². The predicted molar refractivity (Wildman–Crippen MR) is 66.1 cm³/mol. The molecule has 3 rings (SSSR count). The molecule has 3 fully saturated rings. The Balaban J connectivity index is 1.64. The van der Waals surface area contributed by atoms with Gasteiger partial charge in [0, 0.05) is 6.54 Å². The molecular weight excluding hydrogens is 282 g/mol. The predicted octanol–water partition coefficient (Wildman–Crippen LogP) is -1.57. The number of urea groups is 1. The summed E-state index contributed by atoms with van der Waals surface area (Å²) < 4.78 is 5.22. The van der Waals surface area contributed by atoms with Crippen LogP contribution in [-0.4, -0.2) is 64.7 Å². The summed E-state index contributed by atoms with van der Waals surface area (Å²) in [5, 5.41) is 13.6. The summed E-state index contributed by atoms with van der Waals surface area (Å²) in [7, 11) is 0. The first-order chi connectivity index (χ1) is 9.91. The van der Waals surface area contributed by atoms with Gasteiger partial charge in [-0.05, 0) is 19.3 Å². The van der Waals surface area contributed by atoms with Crippen molar-refractivity contribution in [3.63, 3.8) is 0 Å². The van der Waals surface area contributed by atoms with Crippen molar-refractivity contribution in [1.82, 2.24) is 15.5 Å². The number of ether oxygens (including phenoxy) is 1. The quantitative estimate of drug-likeness (QED) is 0.529. The highest BCUT2D eigenvalue weighted by molar-refractivity contribution is 6.07. The van der Waals surface area contributed by atoms with Gasteiger partial charge in [0.15, 0.2) is 6.10 Å². The number of carbonyl (C=O) groups excluding carboxylic acids is 3. The second-order valence-electron chi connectivity index (χ2n) is 5.53. The number of nitrogens with one attached hydrogen (secondary N) is 2.